The van der Waals surface area contributed by atoms with E-state index in [4.69, 9.17) is 16.3 Å². The molecule has 0 aliphatic heterocycles. The van der Waals surface area contributed by atoms with Crippen LogP contribution in [0.15, 0.2) is 66.7 Å². The van der Waals surface area contributed by atoms with Crippen molar-refractivity contribution in [3.05, 3.63) is 94.0 Å². The van der Waals surface area contributed by atoms with E-state index in [0.717, 1.165) is 16.7 Å². The number of amides is 2. The molecule has 0 spiro atoms. The van der Waals surface area contributed by atoms with Crippen molar-refractivity contribution in [1.29, 1.82) is 0 Å². The van der Waals surface area contributed by atoms with Crippen molar-refractivity contribution in [3.8, 4) is 0 Å². The monoisotopic (exact) mass is 438 g/mol. The summed E-state index contributed by atoms with van der Waals surface area (Å²) in [6.07, 6.45) is -0.760. The van der Waals surface area contributed by atoms with Crippen LogP contribution >= 0.6 is 11.6 Å². The van der Waals surface area contributed by atoms with Crippen LogP contribution in [-0.2, 0) is 24.2 Å². The summed E-state index contributed by atoms with van der Waals surface area (Å²) in [4.78, 5) is 24.8. The molecular weight excluding hydrogens is 419 g/mol. The molecule has 1 aliphatic rings. The van der Waals surface area contributed by atoms with Crippen molar-refractivity contribution in [2.45, 2.75) is 25.6 Å². The minimum Gasteiger partial charge on any atom is -0.444 e. The zero-order valence-electron chi connectivity index (χ0n) is 16.5. The second-order valence-electron chi connectivity index (χ2n) is 7.36. The highest BCUT2D eigenvalue weighted by Gasteiger charge is 2.21. The number of hydrogen-bond acceptors (Lipinski definition) is 3. The van der Waals surface area contributed by atoms with E-state index in [1.807, 2.05) is 36.4 Å². The van der Waals surface area contributed by atoms with Crippen LogP contribution in [0.2, 0.25) is 5.02 Å². The van der Waals surface area contributed by atoms with E-state index in [2.05, 4.69) is 10.6 Å². The van der Waals surface area contributed by atoms with Gasteiger partial charge in [0.05, 0.1) is 0 Å². The van der Waals surface area contributed by atoms with Gasteiger partial charge in [0.2, 0.25) is 0 Å². The maximum absolute atomic E-state index is 13.6. The van der Waals surface area contributed by atoms with E-state index in [9.17, 15) is 14.0 Å². The zero-order valence-corrected chi connectivity index (χ0v) is 17.3. The number of anilines is 2. The van der Waals surface area contributed by atoms with E-state index in [1.54, 1.807) is 12.1 Å². The van der Waals surface area contributed by atoms with Crippen molar-refractivity contribution in [1.82, 2.24) is 0 Å². The molecule has 0 bridgehead atoms. The van der Waals surface area contributed by atoms with E-state index in [1.165, 1.54) is 18.2 Å². The van der Waals surface area contributed by atoms with Gasteiger partial charge in [-0.3, -0.25) is 10.1 Å². The number of rotatable bonds is 5. The van der Waals surface area contributed by atoms with Gasteiger partial charge in [-0.1, -0.05) is 48.0 Å². The minimum absolute atomic E-state index is 0.124. The van der Waals surface area contributed by atoms with E-state index >= 15 is 0 Å². The van der Waals surface area contributed by atoms with Crippen molar-refractivity contribution in [2.75, 3.05) is 10.6 Å². The third-order valence-corrected chi connectivity index (χ3v) is 5.18. The number of hydrogen-bond donors (Lipinski definition) is 2. The summed E-state index contributed by atoms with van der Waals surface area (Å²) in [7, 11) is 0. The second kappa shape index (κ2) is 9.18. The highest BCUT2D eigenvalue weighted by atomic mass is 35.5. The van der Waals surface area contributed by atoms with E-state index < -0.39 is 18.2 Å². The van der Waals surface area contributed by atoms with Crippen LogP contribution in [0.1, 0.15) is 27.0 Å². The van der Waals surface area contributed by atoms with Crippen molar-refractivity contribution >= 4 is 35.0 Å². The topological polar surface area (TPSA) is 67.4 Å². The number of nitrogens with one attached hydrogen (secondary N) is 2. The van der Waals surface area contributed by atoms with Gasteiger partial charge in [0.15, 0.2) is 0 Å². The summed E-state index contributed by atoms with van der Waals surface area (Å²) >= 11 is 6.13. The van der Waals surface area contributed by atoms with Crippen LogP contribution in [0.4, 0.5) is 20.6 Å². The molecule has 0 heterocycles. The van der Waals surface area contributed by atoms with Crippen LogP contribution in [0.25, 0.3) is 0 Å². The van der Waals surface area contributed by atoms with Crippen LogP contribution < -0.4 is 10.6 Å². The first kappa shape index (κ1) is 20.9. The van der Waals surface area contributed by atoms with Gasteiger partial charge in [-0.2, -0.15) is 0 Å². The molecule has 0 saturated heterocycles. The lowest BCUT2D eigenvalue weighted by Crippen LogP contribution is -2.15. The summed E-state index contributed by atoms with van der Waals surface area (Å²) in [5.74, 6) is -0.391. The van der Waals surface area contributed by atoms with Crippen molar-refractivity contribution in [3.63, 3.8) is 0 Å². The Bertz CT molecular complexity index is 1120. The second-order valence-corrected chi connectivity index (χ2v) is 7.79. The molecule has 0 radical (unpaired) electrons. The van der Waals surface area contributed by atoms with Crippen LogP contribution in [0.3, 0.4) is 0 Å². The number of alkyl halides is 1. The first-order chi connectivity index (χ1) is 15.0. The number of fused-ring (bicyclic) bond motifs is 1. The Morgan fingerprint density at radius 3 is 2.52 bits per heavy atom. The SMILES string of the molecule is O=C(Nc1cc(Cl)cc(C(=O)Nc2ccc3c(c2)C[C@H](F)C3)c1)OCc1ccccc1. The predicted molar refractivity (Wildman–Crippen MR) is 118 cm³/mol. The average molecular weight is 439 g/mol. The normalized spacial score (nSPS) is 14.6. The highest BCUT2D eigenvalue weighted by molar-refractivity contribution is 6.31. The number of carbonyl (C=O) groups is 2. The predicted octanol–water partition coefficient (Wildman–Crippen LogP) is 5.78. The smallest absolute Gasteiger partial charge is 0.411 e. The molecule has 0 fully saturated rings. The lowest BCUT2D eigenvalue weighted by Gasteiger charge is -2.11. The van der Waals surface area contributed by atoms with Gasteiger partial charge in [-0.25, -0.2) is 9.18 Å². The lowest BCUT2D eigenvalue weighted by molar-refractivity contribution is 0.102. The minimum atomic E-state index is -0.871. The third kappa shape index (κ3) is 5.41. The maximum atomic E-state index is 13.6. The van der Waals surface area contributed by atoms with Gasteiger partial charge in [-0.05, 0) is 47.0 Å². The zero-order chi connectivity index (χ0) is 21.8. The van der Waals surface area contributed by atoms with Crippen molar-refractivity contribution < 1.29 is 18.7 Å². The molecule has 5 nitrogen and oxygen atoms in total. The molecule has 7 heteroatoms. The van der Waals surface area contributed by atoms with Crippen LogP contribution in [-0.4, -0.2) is 18.2 Å². The molecule has 0 unspecified atom stereocenters. The first-order valence-electron chi connectivity index (χ1n) is 9.82. The Hall–Kier alpha value is -3.38. The molecule has 2 N–H and O–H groups in total. The summed E-state index contributed by atoms with van der Waals surface area (Å²) in [6.45, 7) is 0.124. The molecule has 3 aromatic carbocycles. The molecule has 0 saturated carbocycles. The van der Waals surface area contributed by atoms with Crippen LogP contribution in [0, 0.1) is 0 Å². The van der Waals surface area contributed by atoms with Crippen molar-refractivity contribution in [2.24, 2.45) is 0 Å². The van der Waals surface area contributed by atoms with Gasteiger partial charge >= 0.3 is 6.09 Å². The summed E-state index contributed by atoms with van der Waals surface area (Å²) < 4.78 is 18.8. The quantitative estimate of drug-likeness (QED) is 0.530. The Kier molecular flexibility index (Phi) is 6.18. The molecule has 0 aromatic heterocycles. The molecule has 2 amide bonds. The number of carbonyl (C=O) groups excluding carboxylic acids is 2. The largest absolute Gasteiger partial charge is 0.444 e. The Morgan fingerprint density at radius 2 is 1.71 bits per heavy atom. The first-order valence-corrected chi connectivity index (χ1v) is 10.2. The Morgan fingerprint density at radius 1 is 0.935 bits per heavy atom. The fourth-order valence-electron chi connectivity index (χ4n) is 3.52. The molecule has 31 heavy (non-hydrogen) atoms. The molecular formula is C24H20ClFN2O3. The molecule has 4 rings (SSSR count). The molecule has 1 aliphatic carbocycles. The summed E-state index contributed by atoms with van der Waals surface area (Å²) in [5, 5.41) is 5.67. The molecule has 3 aromatic rings. The maximum Gasteiger partial charge on any atom is 0.411 e. The molecule has 158 valence electrons. The lowest BCUT2D eigenvalue weighted by atomic mass is 10.1. The van der Waals surface area contributed by atoms with Gasteiger partial charge in [0, 0.05) is 34.8 Å². The van der Waals surface area contributed by atoms with Gasteiger partial charge < -0.3 is 10.1 Å². The fraction of sp³-hybridized carbons (Fsp3) is 0.167. The van der Waals surface area contributed by atoms with E-state index in [-0.39, 0.29) is 12.2 Å². The van der Waals surface area contributed by atoms with E-state index in [0.29, 0.717) is 29.2 Å². The van der Waals surface area contributed by atoms with Crippen LogP contribution in [0.5, 0.6) is 0 Å². The Labute approximate surface area is 184 Å². The highest BCUT2D eigenvalue weighted by Crippen LogP contribution is 2.27. The van der Waals surface area contributed by atoms with Gasteiger partial charge in [0.25, 0.3) is 5.91 Å². The number of ether oxygens (including phenoxy) is 1. The molecule has 1 atom stereocenters. The number of halogens is 2. The Balaban J connectivity index is 1.40. The van der Waals surface area contributed by atoms with Gasteiger partial charge in [-0.15, -0.1) is 0 Å². The fourth-order valence-corrected chi connectivity index (χ4v) is 3.75. The van der Waals surface area contributed by atoms with Gasteiger partial charge in [0.1, 0.15) is 12.8 Å². The third-order valence-electron chi connectivity index (χ3n) is 4.97. The summed E-state index contributed by atoms with van der Waals surface area (Å²) in [6, 6.07) is 19.2. The standard InChI is InChI=1S/C24H20ClFN2O3/c25-19-8-18(23(29)27-21-7-6-16-9-20(26)10-17(16)11-21)12-22(13-19)28-24(30)31-14-15-4-2-1-3-5-15/h1-8,11-13,20H,9-10,14H2,(H,27,29)(H,28,30)/t20-/m1/s1. The number of benzene rings is 3. The summed E-state index contributed by atoms with van der Waals surface area (Å²) in [5.41, 5.74) is 3.92. The average Bonchev–Trinajstić information content (AvgIpc) is 3.12.